The van der Waals surface area contributed by atoms with Crippen LogP contribution >= 0.6 is 11.8 Å². The highest BCUT2D eigenvalue weighted by Crippen LogP contribution is 2.39. The van der Waals surface area contributed by atoms with Crippen molar-refractivity contribution in [2.75, 3.05) is 26.9 Å². The molecule has 1 aromatic rings. The number of phenols is 1. The van der Waals surface area contributed by atoms with Crippen LogP contribution in [0.5, 0.6) is 11.5 Å². The van der Waals surface area contributed by atoms with Gasteiger partial charge in [0.2, 0.25) is 5.75 Å². The van der Waals surface area contributed by atoms with Gasteiger partial charge in [-0.15, -0.1) is 0 Å². The lowest BCUT2D eigenvalue weighted by atomic mass is 10.1. The van der Waals surface area contributed by atoms with Crippen LogP contribution in [-0.2, 0) is 9.53 Å². The third-order valence-electron chi connectivity index (χ3n) is 3.26. The normalized spacial score (nSPS) is 15.9. The highest BCUT2D eigenvalue weighted by Gasteiger charge is 2.34. The molecule has 0 radical (unpaired) electrons. The van der Waals surface area contributed by atoms with Crippen LogP contribution in [0.25, 0.3) is 6.08 Å². The van der Waals surface area contributed by atoms with Crippen molar-refractivity contribution in [3.8, 4) is 11.5 Å². The SMILES string of the molecule is CCOc1cc(/C=C2/SC(=O)N(CCOC)C2=O)cc([N+](=O)[O-])c1O. The van der Waals surface area contributed by atoms with Crippen molar-refractivity contribution in [2.45, 2.75) is 6.92 Å². The van der Waals surface area contributed by atoms with Crippen LogP contribution in [0.1, 0.15) is 12.5 Å². The molecule has 1 heterocycles. The van der Waals surface area contributed by atoms with Crippen molar-refractivity contribution in [2.24, 2.45) is 0 Å². The van der Waals surface area contributed by atoms with Crippen molar-refractivity contribution in [1.82, 2.24) is 4.90 Å². The summed E-state index contributed by atoms with van der Waals surface area (Å²) in [5.41, 5.74) is -0.277. The van der Waals surface area contributed by atoms with Crippen LogP contribution in [0, 0.1) is 10.1 Å². The number of nitrogens with zero attached hydrogens (tertiary/aromatic N) is 2. The molecule has 25 heavy (non-hydrogen) atoms. The summed E-state index contributed by atoms with van der Waals surface area (Å²) in [6, 6.07) is 2.48. The van der Waals surface area contributed by atoms with E-state index < -0.39 is 27.5 Å². The van der Waals surface area contributed by atoms with E-state index in [4.69, 9.17) is 9.47 Å². The number of carbonyl (C=O) groups excluding carboxylic acids is 2. The molecule has 0 bridgehead atoms. The molecule has 2 amide bonds. The molecule has 1 saturated heterocycles. The fraction of sp³-hybridized carbons (Fsp3) is 0.333. The summed E-state index contributed by atoms with van der Waals surface area (Å²) < 4.78 is 10.0. The molecule has 0 aromatic heterocycles. The Kier molecular flexibility index (Phi) is 5.99. The Labute approximate surface area is 147 Å². The molecule has 10 heteroatoms. The van der Waals surface area contributed by atoms with Gasteiger partial charge in [0.15, 0.2) is 5.75 Å². The van der Waals surface area contributed by atoms with Crippen LogP contribution in [0.2, 0.25) is 0 Å². The van der Waals surface area contributed by atoms with Gasteiger partial charge in [0, 0.05) is 13.2 Å². The van der Waals surface area contributed by atoms with Crippen molar-refractivity contribution in [3.63, 3.8) is 0 Å². The zero-order valence-corrected chi connectivity index (χ0v) is 14.4. The van der Waals surface area contributed by atoms with Gasteiger partial charge in [-0.2, -0.15) is 0 Å². The molecular formula is C15H16N2O7S. The Morgan fingerprint density at radius 3 is 2.72 bits per heavy atom. The summed E-state index contributed by atoms with van der Waals surface area (Å²) in [4.78, 5) is 35.7. The first-order chi connectivity index (χ1) is 11.9. The van der Waals surface area contributed by atoms with Crippen molar-refractivity contribution >= 4 is 34.7 Å². The number of carbonyl (C=O) groups is 2. The second-order valence-electron chi connectivity index (χ2n) is 4.90. The number of hydrogen-bond acceptors (Lipinski definition) is 8. The lowest BCUT2D eigenvalue weighted by Crippen LogP contribution is -2.31. The first kappa shape index (κ1) is 18.7. The molecule has 1 fully saturated rings. The summed E-state index contributed by atoms with van der Waals surface area (Å²) >= 11 is 0.735. The van der Waals surface area contributed by atoms with Crippen molar-refractivity contribution in [3.05, 3.63) is 32.7 Å². The van der Waals surface area contributed by atoms with Gasteiger partial charge in [0.05, 0.1) is 29.6 Å². The van der Waals surface area contributed by atoms with Crippen LogP contribution in [-0.4, -0.2) is 52.9 Å². The number of nitro benzene ring substituents is 1. The average molecular weight is 368 g/mol. The van der Waals surface area contributed by atoms with E-state index in [9.17, 15) is 24.8 Å². The molecule has 1 aliphatic rings. The zero-order chi connectivity index (χ0) is 18.6. The van der Waals surface area contributed by atoms with Gasteiger partial charge in [0.1, 0.15) is 0 Å². The monoisotopic (exact) mass is 368 g/mol. The van der Waals surface area contributed by atoms with Crippen molar-refractivity contribution < 1.29 is 29.1 Å². The Morgan fingerprint density at radius 2 is 2.12 bits per heavy atom. The summed E-state index contributed by atoms with van der Waals surface area (Å²) in [5, 5.41) is 20.5. The highest BCUT2D eigenvalue weighted by atomic mass is 32.2. The van der Waals surface area contributed by atoms with E-state index in [-0.39, 0.29) is 36.0 Å². The molecule has 0 unspecified atom stereocenters. The number of rotatable bonds is 7. The van der Waals surface area contributed by atoms with E-state index in [0.717, 1.165) is 22.7 Å². The van der Waals surface area contributed by atoms with E-state index in [1.165, 1.54) is 19.3 Å². The fourth-order valence-electron chi connectivity index (χ4n) is 2.13. The molecule has 2 rings (SSSR count). The third-order valence-corrected chi connectivity index (χ3v) is 4.17. The molecule has 0 atom stereocenters. The lowest BCUT2D eigenvalue weighted by molar-refractivity contribution is -0.386. The number of thioether (sulfide) groups is 1. The van der Waals surface area contributed by atoms with E-state index >= 15 is 0 Å². The summed E-state index contributed by atoms with van der Waals surface area (Å²) in [7, 11) is 1.46. The number of ether oxygens (including phenoxy) is 2. The predicted octanol–water partition coefficient (Wildman–Crippen LogP) is 2.38. The Bertz CT molecular complexity index is 748. The maximum absolute atomic E-state index is 12.3. The van der Waals surface area contributed by atoms with Crippen LogP contribution in [0.4, 0.5) is 10.5 Å². The summed E-state index contributed by atoms with van der Waals surface area (Å²) in [6.07, 6.45) is 1.35. The minimum absolute atomic E-state index is 0.0680. The molecule has 9 nitrogen and oxygen atoms in total. The zero-order valence-electron chi connectivity index (χ0n) is 13.6. The average Bonchev–Trinajstić information content (AvgIpc) is 2.82. The van der Waals surface area contributed by atoms with Gasteiger partial charge in [-0.1, -0.05) is 0 Å². The Hall–Kier alpha value is -2.59. The van der Waals surface area contributed by atoms with E-state index in [1.807, 2.05) is 0 Å². The minimum Gasteiger partial charge on any atom is -0.500 e. The predicted molar refractivity (Wildman–Crippen MR) is 90.5 cm³/mol. The topological polar surface area (TPSA) is 119 Å². The Morgan fingerprint density at radius 1 is 1.40 bits per heavy atom. The first-order valence-electron chi connectivity index (χ1n) is 7.27. The minimum atomic E-state index is -0.750. The summed E-state index contributed by atoms with van der Waals surface area (Å²) in [5.74, 6) is -1.15. The second kappa shape index (κ2) is 7.99. The maximum atomic E-state index is 12.3. The molecule has 0 spiro atoms. The molecule has 0 saturated carbocycles. The number of phenolic OH excluding ortho intramolecular Hbond substituents is 1. The van der Waals surface area contributed by atoms with Gasteiger partial charge >= 0.3 is 5.69 Å². The number of nitro groups is 1. The smallest absolute Gasteiger partial charge is 0.315 e. The molecule has 1 N–H and O–H groups in total. The largest absolute Gasteiger partial charge is 0.500 e. The molecular weight excluding hydrogens is 352 g/mol. The van der Waals surface area contributed by atoms with Crippen LogP contribution in [0.15, 0.2) is 17.0 Å². The fourth-order valence-corrected chi connectivity index (χ4v) is 2.99. The number of benzene rings is 1. The molecule has 0 aliphatic carbocycles. The molecule has 1 aromatic carbocycles. The highest BCUT2D eigenvalue weighted by molar-refractivity contribution is 8.18. The van der Waals surface area contributed by atoms with Crippen LogP contribution < -0.4 is 4.74 Å². The first-order valence-corrected chi connectivity index (χ1v) is 8.09. The number of aromatic hydroxyl groups is 1. The number of imide groups is 1. The van der Waals surface area contributed by atoms with Gasteiger partial charge in [-0.05, 0) is 36.4 Å². The Balaban J connectivity index is 2.38. The van der Waals surface area contributed by atoms with Gasteiger partial charge < -0.3 is 14.6 Å². The van der Waals surface area contributed by atoms with Crippen molar-refractivity contribution in [1.29, 1.82) is 0 Å². The third kappa shape index (κ3) is 4.09. The van der Waals surface area contributed by atoms with E-state index in [1.54, 1.807) is 6.92 Å². The lowest BCUT2D eigenvalue weighted by Gasteiger charge is -2.10. The quantitative estimate of drug-likeness (QED) is 0.442. The number of hydrogen-bond donors (Lipinski definition) is 1. The summed E-state index contributed by atoms with van der Waals surface area (Å²) in [6.45, 7) is 2.20. The van der Waals surface area contributed by atoms with Crippen LogP contribution in [0.3, 0.4) is 0 Å². The maximum Gasteiger partial charge on any atom is 0.315 e. The molecule has 1 aliphatic heterocycles. The number of methoxy groups -OCH3 is 1. The van der Waals surface area contributed by atoms with Gasteiger partial charge in [-0.3, -0.25) is 24.6 Å². The van der Waals surface area contributed by atoms with E-state index in [2.05, 4.69) is 0 Å². The van der Waals surface area contributed by atoms with Gasteiger partial charge in [-0.25, -0.2) is 0 Å². The number of amides is 2. The second-order valence-corrected chi connectivity index (χ2v) is 5.90. The van der Waals surface area contributed by atoms with Gasteiger partial charge in [0.25, 0.3) is 11.1 Å². The van der Waals surface area contributed by atoms with E-state index in [0.29, 0.717) is 0 Å². The molecule has 134 valence electrons. The standard InChI is InChI=1S/C15H16N2O7S/c1-3-24-11-7-9(6-10(13(11)18)17(21)22)8-12-14(19)16(4-5-23-2)15(20)25-12/h6-8,18H,3-5H2,1-2H3/b12-8+.